The first-order chi connectivity index (χ1) is 17.9. The van der Waals surface area contributed by atoms with E-state index in [-0.39, 0.29) is 13.2 Å². The Morgan fingerprint density at radius 1 is 1.03 bits per heavy atom. The van der Waals surface area contributed by atoms with Crippen LogP contribution in [0.4, 0.5) is 0 Å². The lowest BCUT2D eigenvalue weighted by molar-refractivity contribution is -0.124. The molecule has 0 aliphatic carbocycles. The van der Waals surface area contributed by atoms with Crippen molar-refractivity contribution in [3.63, 3.8) is 0 Å². The summed E-state index contributed by atoms with van der Waals surface area (Å²) in [7, 11) is 0. The maximum atomic E-state index is 11.3. The molecule has 0 bridgehead atoms. The van der Waals surface area contributed by atoms with Crippen LogP contribution in [0.5, 0.6) is 5.75 Å². The van der Waals surface area contributed by atoms with Gasteiger partial charge in [-0.15, -0.1) is 0 Å². The summed E-state index contributed by atoms with van der Waals surface area (Å²) in [6.45, 7) is 9.81. The van der Waals surface area contributed by atoms with Crippen molar-refractivity contribution >= 4 is 5.91 Å². The molecular formula is C28H38N4O5. The molecule has 0 aliphatic heterocycles. The fraction of sp³-hybridized carbons (Fsp3) is 0.500. The fourth-order valence-electron chi connectivity index (χ4n) is 4.69. The Hall–Kier alpha value is -3.30. The van der Waals surface area contributed by atoms with Crippen molar-refractivity contribution in [3.05, 3.63) is 46.3 Å². The highest BCUT2D eigenvalue weighted by Gasteiger charge is 2.26. The lowest BCUT2D eigenvalue weighted by Crippen LogP contribution is -2.36. The van der Waals surface area contributed by atoms with Crippen LogP contribution < -0.4 is 10.1 Å². The predicted molar refractivity (Wildman–Crippen MR) is 141 cm³/mol. The number of aliphatic hydroxyl groups excluding tert-OH is 2. The minimum absolute atomic E-state index is 0.00587. The van der Waals surface area contributed by atoms with Gasteiger partial charge in [-0.05, 0) is 60.9 Å². The molecule has 9 nitrogen and oxygen atoms in total. The molecule has 1 unspecified atom stereocenters. The zero-order chi connectivity index (χ0) is 26.9. The molecule has 0 aliphatic rings. The Bertz CT molecular complexity index is 1210. The summed E-state index contributed by atoms with van der Waals surface area (Å²) < 4.78 is 12.0. The summed E-state index contributed by atoms with van der Waals surface area (Å²) >= 11 is 0. The highest BCUT2D eigenvalue weighted by Crippen LogP contribution is 2.41. The number of amides is 1. The number of carbonyl (C=O) groups is 1. The lowest BCUT2D eigenvalue weighted by atomic mass is 9.85. The molecule has 0 saturated carbocycles. The summed E-state index contributed by atoms with van der Waals surface area (Å²) in [4.78, 5) is 20.5. The van der Waals surface area contributed by atoms with Gasteiger partial charge in [-0.1, -0.05) is 39.8 Å². The molecule has 1 atom stereocenters. The van der Waals surface area contributed by atoms with Gasteiger partial charge in [0.1, 0.15) is 25.1 Å². The molecule has 1 aromatic carbocycles. The Kier molecular flexibility index (Phi) is 10.2. The lowest BCUT2D eigenvalue weighted by Gasteiger charge is -2.25. The van der Waals surface area contributed by atoms with Gasteiger partial charge in [-0.3, -0.25) is 9.78 Å². The Morgan fingerprint density at radius 3 is 2.35 bits per heavy atom. The van der Waals surface area contributed by atoms with E-state index in [1.54, 1.807) is 6.20 Å². The van der Waals surface area contributed by atoms with Crippen LogP contribution in [0.1, 0.15) is 62.6 Å². The van der Waals surface area contributed by atoms with E-state index in [0.29, 0.717) is 18.1 Å². The van der Waals surface area contributed by atoms with Crippen LogP contribution in [0.2, 0.25) is 0 Å². The van der Waals surface area contributed by atoms with Crippen LogP contribution in [-0.2, 0) is 36.9 Å². The van der Waals surface area contributed by atoms with E-state index in [2.05, 4.69) is 43.2 Å². The summed E-state index contributed by atoms with van der Waals surface area (Å²) in [5.74, 6) is 1.13. The summed E-state index contributed by atoms with van der Waals surface area (Å²) in [6, 6.07) is 3.82. The number of benzene rings is 1. The SMILES string of the molecule is CCc1cc(-c2nc(-c3c(CC)c(CC)c(CC)c(OCC(O)CNC(=O)CO)c3CC)no2)ccn1. The molecule has 200 valence electrons. The van der Waals surface area contributed by atoms with Crippen molar-refractivity contribution in [2.24, 2.45) is 0 Å². The normalized spacial score (nSPS) is 12.0. The van der Waals surface area contributed by atoms with Gasteiger partial charge in [-0.25, -0.2) is 0 Å². The fourth-order valence-corrected chi connectivity index (χ4v) is 4.69. The Morgan fingerprint density at radius 2 is 1.73 bits per heavy atom. The maximum Gasteiger partial charge on any atom is 0.258 e. The van der Waals surface area contributed by atoms with E-state index in [1.165, 1.54) is 11.1 Å². The number of carbonyl (C=O) groups excluding carboxylic acids is 1. The van der Waals surface area contributed by atoms with Crippen molar-refractivity contribution in [2.45, 2.75) is 72.8 Å². The first kappa shape index (κ1) is 28.3. The highest BCUT2D eigenvalue weighted by atomic mass is 16.5. The molecule has 0 spiro atoms. The third-order valence-corrected chi connectivity index (χ3v) is 6.47. The molecular weight excluding hydrogens is 472 g/mol. The van der Waals surface area contributed by atoms with Crippen LogP contribution >= 0.6 is 0 Å². The van der Waals surface area contributed by atoms with Gasteiger partial charge in [0.05, 0.1) is 0 Å². The summed E-state index contributed by atoms with van der Waals surface area (Å²) in [6.07, 6.45) is 4.68. The van der Waals surface area contributed by atoms with Gasteiger partial charge in [0.15, 0.2) is 0 Å². The number of aromatic nitrogens is 3. The van der Waals surface area contributed by atoms with Crippen LogP contribution in [0.25, 0.3) is 22.8 Å². The van der Waals surface area contributed by atoms with Crippen molar-refractivity contribution in [3.8, 4) is 28.6 Å². The first-order valence-electron chi connectivity index (χ1n) is 13.1. The number of pyridine rings is 1. The van der Waals surface area contributed by atoms with E-state index in [4.69, 9.17) is 19.4 Å². The minimum atomic E-state index is -0.930. The Balaban J connectivity index is 2.08. The molecule has 3 aromatic rings. The number of nitrogens with zero attached hydrogens (tertiary/aromatic N) is 3. The van der Waals surface area contributed by atoms with Crippen LogP contribution in [0.3, 0.4) is 0 Å². The quantitative estimate of drug-likeness (QED) is 0.319. The van der Waals surface area contributed by atoms with E-state index >= 15 is 0 Å². The molecule has 0 radical (unpaired) electrons. The van der Waals surface area contributed by atoms with Crippen molar-refractivity contribution < 1.29 is 24.3 Å². The smallest absolute Gasteiger partial charge is 0.258 e. The zero-order valence-electron chi connectivity index (χ0n) is 22.4. The average molecular weight is 511 g/mol. The van der Waals surface area contributed by atoms with Crippen LogP contribution in [0.15, 0.2) is 22.9 Å². The number of aliphatic hydroxyl groups is 2. The molecule has 3 N–H and O–H groups in total. The van der Waals surface area contributed by atoms with Crippen LogP contribution in [-0.4, -0.2) is 57.1 Å². The minimum Gasteiger partial charge on any atom is -0.490 e. The standard InChI is InChI=1S/C28H38N4O5/c1-6-18-13-17(11-12-29-18)28-31-27(32-37-28)25-21(8-3)20(7-2)22(9-4)26(23(25)10-5)36-16-19(34)14-30-24(35)15-33/h11-13,19,33-34H,6-10,14-16H2,1-5H3,(H,30,35). The van der Waals surface area contributed by atoms with Gasteiger partial charge >= 0.3 is 0 Å². The number of rotatable bonds is 13. The second-order valence-electron chi connectivity index (χ2n) is 8.77. The van der Waals surface area contributed by atoms with E-state index in [1.807, 2.05) is 19.1 Å². The third kappa shape index (κ3) is 6.34. The summed E-state index contributed by atoms with van der Waals surface area (Å²) in [5.41, 5.74) is 7.13. The van der Waals surface area contributed by atoms with Crippen molar-refractivity contribution in [1.29, 1.82) is 0 Å². The number of hydrogen-bond donors (Lipinski definition) is 3. The predicted octanol–water partition coefficient (Wildman–Crippen LogP) is 3.46. The van der Waals surface area contributed by atoms with Crippen LogP contribution in [0, 0.1) is 0 Å². The second kappa shape index (κ2) is 13.3. The van der Waals surface area contributed by atoms with Gasteiger partial charge in [0, 0.05) is 35.1 Å². The number of hydrogen-bond acceptors (Lipinski definition) is 8. The molecule has 2 aromatic heterocycles. The zero-order valence-corrected chi connectivity index (χ0v) is 22.4. The van der Waals surface area contributed by atoms with Gasteiger partial charge in [0.25, 0.3) is 5.89 Å². The maximum absolute atomic E-state index is 11.3. The highest BCUT2D eigenvalue weighted by molar-refractivity contribution is 5.77. The molecule has 3 rings (SSSR count). The molecule has 2 heterocycles. The Labute approximate surface area is 218 Å². The average Bonchev–Trinajstić information content (AvgIpc) is 3.43. The molecule has 37 heavy (non-hydrogen) atoms. The number of ether oxygens (including phenoxy) is 1. The monoisotopic (exact) mass is 510 g/mol. The van der Waals surface area contributed by atoms with Crippen molar-refractivity contribution in [2.75, 3.05) is 19.8 Å². The van der Waals surface area contributed by atoms with Gasteiger partial charge in [0.2, 0.25) is 11.7 Å². The largest absolute Gasteiger partial charge is 0.490 e. The van der Waals surface area contributed by atoms with E-state index in [9.17, 15) is 9.90 Å². The van der Waals surface area contributed by atoms with E-state index in [0.717, 1.165) is 59.4 Å². The topological polar surface area (TPSA) is 131 Å². The summed E-state index contributed by atoms with van der Waals surface area (Å²) in [5, 5.41) is 26.1. The number of nitrogens with one attached hydrogen (secondary N) is 1. The van der Waals surface area contributed by atoms with E-state index < -0.39 is 18.6 Å². The molecule has 0 saturated heterocycles. The molecule has 0 fully saturated rings. The van der Waals surface area contributed by atoms with Gasteiger partial charge < -0.3 is 24.8 Å². The molecule has 1 amide bonds. The van der Waals surface area contributed by atoms with Crippen molar-refractivity contribution in [1.82, 2.24) is 20.4 Å². The molecule has 9 heteroatoms. The third-order valence-electron chi connectivity index (χ3n) is 6.47. The van der Waals surface area contributed by atoms with Gasteiger partial charge in [-0.2, -0.15) is 4.98 Å². The number of aryl methyl sites for hydroxylation is 1. The second-order valence-corrected chi connectivity index (χ2v) is 8.77. The first-order valence-corrected chi connectivity index (χ1v) is 13.1.